The van der Waals surface area contributed by atoms with E-state index in [-0.39, 0.29) is 17.4 Å². The second-order valence-electron chi connectivity index (χ2n) is 9.58. The Balaban J connectivity index is 1.21. The molecule has 4 aliphatic rings. The van der Waals surface area contributed by atoms with E-state index >= 15 is 0 Å². The van der Waals surface area contributed by atoms with E-state index < -0.39 is 0 Å². The third-order valence-corrected chi connectivity index (χ3v) is 7.30. The van der Waals surface area contributed by atoms with Crippen molar-refractivity contribution in [1.29, 1.82) is 0 Å². The zero-order chi connectivity index (χ0) is 20.9. The van der Waals surface area contributed by atoms with Crippen molar-refractivity contribution in [3.8, 4) is 0 Å². The fourth-order valence-electron chi connectivity index (χ4n) is 5.49. The summed E-state index contributed by atoms with van der Waals surface area (Å²) in [4.78, 5) is 30.6. The number of morpholine rings is 1. The van der Waals surface area contributed by atoms with Gasteiger partial charge >= 0.3 is 0 Å². The number of hydrogen-bond acceptors (Lipinski definition) is 5. The standard InChI is InChI=1S/C23H29N5O3/c29-22-17(13-26-5-7-31-8-6-26)3-4-21-18-9-15(12-28(21)22)11-27(14-18)23(30)20-10-19(24-25-20)16-1-2-16/h3-4,10,15-16,18H,1-2,5-9,11-14H2,(H,24,25)/t15-,18+/m0/s1. The number of carbonyl (C=O) groups excluding carboxylic acids is 1. The number of likely N-dealkylation sites (tertiary alicyclic amines) is 1. The topological polar surface area (TPSA) is 83.5 Å². The van der Waals surface area contributed by atoms with Crippen LogP contribution < -0.4 is 5.56 Å². The molecule has 1 aliphatic carbocycles. The summed E-state index contributed by atoms with van der Waals surface area (Å²) >= 11 is 0. The molecule has 1 amide bonds. The number of aromatic amines is 1. The Labute approximate surface area is 181 Å². The van der Waals surface area contributed by atoms with Crippen LogP contribution in [0, 0.1) is 5.92 Å². The predicted octanol–water partition coefficient (Wildman–Crippen LogP) is 1.54. The lowest BCUT2D eigenvalue weighted by atomic mass is 9.83. The van der Waals surface area contributed by atoms with Crippen LogP contribution in [0.5, 0.6) is 0 Å². The molecule has 2 atom stereocenters. The van der Waals surface area contributed by atoms with Crippen LogP contribution in [-0.4, -0.2) is 69.9 Å². The van der Waals surface area contributed by atoms with Gasteiger partial charge in [0.25, 0.3) is 11.5 Å². The number of amides is 1. The summed E-state index contributed by atoms with van der Waals surface area (Å²) in [5, 5.41) is 7.33. The maximum Gasteiger partial charge on any atom is 0.274 e. The second kappa shape index (κ2) is 7.60. The van der Waals surface area contributed by atoms with E-state index in [2.05, 4.69) is 21.2 Å². The monoisotopic (exact) mass is 423 g/mol. The Morgan fingerprint density at radius 2 is 1.97 bits per heavy atom. The number of nitrogens with one attached hydrogen (secondary N) is 1. The molecule has 8 heteroatoms. The number of fused-ring (bicyclic) bond motifs is 4. The molecule has 0 aromatic carbocycles. The van der Waals surface area contributed by atoms with E-state index in [9.17, 15) is 9.59 Å². The van der Waals surface area contributed by atoms with Crippen LogP contribution in [0.3, 0.4) is 0 Å². The van der Waals surface area contributed by atoms with Gasteiger partial charge in [0.1, 0.15) is 5.69 Å². The molecule has 1 saturated carbocycles. The first-order chi connectivity index (χ1) is 15.2. The average molecular weight is 424 g/mol. The van der Waals surface area contributed by atoms with Crippen molar-refractivity contribution >= 4 is 5.91 Å². The van der Waals surface area contributed by atoms with Gasteiger partial charge in [0.15, 0.2) is 0 Å². The molecule has 8 nitrogen and oxygen atoms in total. The molecule has 2 saturated heterocycles. The highest BCUT2D eigenvalue weighted by atomic mass is 16.5. The number of pyridine rings is 1. The normalized spacial score (nSPS) is 26.0. The van der Waals surface area contributed by atoms with Gasteiger partial charge in [0.2, 0.25) is 0 Å². The van der Waals surface area contributed by atoms with Gasteiger partial charge in [-0.25, -0.2) is 0 Å². The summed E-state index contributed by atoms with van der Waals surface area (Å²) < 4.78 is 7.40. The fraction of sp³-hybridized carbons (Fsp3) is 0.609. The quantitative estimate of drug-likeness (QED) is 0.807. The largest absolute Gasteiger partial charge is 0.379 e. The van der Waals surface area contributed by atoms with Gasteiger partial charge in [-0.3, -0.25) is 19.6 Å². The van der Waals surface area contributed by atoms with E-state index in [1.165, 1.54) is 12.8 Å². The fourth-order valence-corrected chi connectivity index (χ4v) is 5.49. The first-order valence-electron chi connectivity index (χ1n) is 11.5. The third-order valence-electron chi connectivity index (χ3n) is 7.30. The van der Waals surface area contributed by atoms with E-state index in [0.717, 1.165) is 49.7 Å². The van der Waals surface area contributed by atoms with Crippen LogP contribution in [-0.2, 0) is 17.8 Å². The summed E-state index contributed by atoms with van der Waals surface area (Å²) in [5.74, 6) is 1.09. The Hall–Kier alpha value is -2.45. The van der Waals surface area contributed by atoms with E-state index in [4.69, 9.17) is 4.74 Å². The molecule has 2 bridgehead atoms. The number of aromatic nitrogens is 3. The van der Waals surface area contributed by atoms with Crippen molar-refractivity contribution in [2.24, 2.45) is 5.92 Å². The molecule has 2 aromatic rings. The number of carbonyl (C=O) groups is 1. The smallest absolute Gasteiger partial charge is 0.274 e. The van der Waals surface area contributed by atoms with Gasteiger partial charge in [-0.1, -0.05) is 6.07 Å². The minimum atomic E-state index is 0.0117. The maximum atomic E-state index is 13.2. The minimum absolute atomic E-state index is 0.0117. The van der Waals surface area contributed by atoms with Gasteiger partial charge in [-0.2, -0.15) is 5.10 Å². The van der Waals surface area contributed by atoms with Crippen LogP contribution in [0.1, 0.15) is 58.5 Å². The number of H-pyrrole nitrogens is 1. The molecule has 0 spiro atoms. The van der Waals surface area contributed by atoms with Crippen LogP contribution >= 0.6 is 0 Å². The average Bonchev–Trinajstić information content (AvgIpc) is 3.53. The summed E-state index contributed by atoms with van der Waals surface area (Å²) in [6.07, 6.45) is 3.41. The minimum Gasteiger partial charge on any atom is -0.379 e. The van der Waals surface area contributed by atoms with E-state index in [1.807, 2.05) is 21.6 Å². The van der Waals surface area contributed by atoms with Gasteiger partial charge < -0.3 is 14.2 Å². The summed E-state index contributed by atoms with van der Waals surface area (Å²) in [5.41, 5.74) is 3.69. The summed E-state index contributed by atoms with van der Waals surface area (Å²) in [6, 6.07) is 6.05. The molecule has 1 N–H and O–H groups in total. The predicted molar refractivity (Wildman–Crippen MR) is 114 cm³/mol. The number of piperidine rings is 1. The zero-order valence-corrected chi connectivity index (χ0v) is 17.8. The number of hydrogen-bond donors (Lipinski definition) is 1. The molecule has 3 aliphatic heterocycles. The van der Waals surface area contributed by atoms with Gasteiger partial charge in [0, 0.05) is 68.1 Å². The van der Waals surface area contributed by atoms with Crippen LogP contribution in [0.25, 0.3) is 0 Å². The first-order valence-corrected chi connectivity index (χ1v) is 11.5. The highest BCUT2D eigenvalue weighted by Gasteiger charge is 2.38. The number of ether oxygens (including phenoxy) is 1. The highest BCUT2D eigenvalue weighted by Crippen LogP contribution is 2.39. The molecule has 31 heavy (non-hydrogen) atoms. The summed E-state index contributed by atoms with van der Waals surface area (Å²) in [6.45, 7) is 5.95. The van der Waals surface area contributed by atoms with Gasteiger partial charge in [-0.05, 0) is 37.3 Å². The Kier molecular flexibility index (Phi) is 4.72. The van der Waals surface area contributed by atoms with Crippen molar-refractivity contribution in [1.82, 2.24) is 24.6 Å². The zero-order valence-electron chi connectivity index (χ0n) is 17.8. The Morgan fingerprint density at radius 1 is 1.13 bits per heavy atom. The molecule has 5 heterocycles. The van der Waals surface area contributed by atoms with Crippen LogP contribution in [0.4, 0.5) is 0 Å². The lowest BCUT2D eigenvalue weighted by Gasteiger charge is -2.42. The molecule has 2 aromatic heterocycles. The van der Waals surface area contributed by atoms with E-state index in [0.29, 0.717) is 43.7 Å². The van der Waals surface area contributed by atoms with Crippen molar-refractivity contribution in [3.05, 3.63) is 51.2 Å². The lowest BCUT2D eigenvalue weighted by molar-refractivity contribution is 0.0338. The maximum absolute atomic E-state index is 13.2. The van der Waals surface area contributed by atoms with Crippen molar-refractivity contribution in [2.75, 3.05) is 39.4 Å². The SMILES string of the molecule is O=C(c1cc(C2CC2)[nH]n1)N1C[C@@H]2C[C@H](C1)c1ccc(CN3CCOCC3)c(=O)n1C2. The van der Waals surface area contributed by atoms with Crippen LogP contribution in [0.15, 0.2) is 23.0 Å². The number of rotatable bonds is 4. The second-order valence-corrected chi connectivity index (χ2v) is 9.58. The van der Waals surface area contributed by atoms with Gasteiger partial charge in [0.05, 0.1) is 13.2 Å². The van der Waals surface area contributed by atoms with Crippen molar-refractivity contribution < 1.29 is 9.53 Å². The molecule has 3 fully saturated rings. The molecule has 164 valence electrons. The highest BCUT2D eigenvalue weighted by molar-refractivity contribution is 5.92. The molecule has 0 unspecified atom stereocenters. The number of nitrogens with zero attached hydrogens (tertiary/aromatic N) is 4. The van der Waals surface area contributed by atoms with Crippen molar-refractivity contribution in [3.63, 3.8) is 0 Å². The first kappa shape index (κ1) is 19.3. The van der Waals surface area contributed by atoms with E-state index in [1.54, 1.807) is 0 Å². The molecule has 0 radical (unpaired) electrons. The lowest BCUT2D eigenvalue weighted by Crippen LogP contribution is -2.49. The van der Waals surface area contributed by atoms with Crippen LogP contribution in [0.2, 0.25) is 0 Å². The molecular weight excluding hydrogens is 394 g/mol. The van der Waals surface area contributed by atoms with Crippen molar-refractivity contribution in [2.45, 2.75) is 44.2 Å². The molecular formula is C23H29N5O3. The van der Waals surface area contributed by atoms with Gasteiger partial charge in [-0.15, -0.1) is 0 Å². The Morgan fingerprint density at radius 3 is 2.77 bits per heavy atom. The Bertz CT molecular complexity index is 1050. The molecule has 6 rings (SSSR count). The third kappa shape index (κ3) is 3.61. The summed E-state index contributed by atoms with van der Waals surface area (Å²) in [7, 11) is 0.